The number of thiocarbonyl (C=S) groups is 1. The third kappa shape index (κ3) is 5.74. The van der Waals surface area contributed by atoms with Crippen LogP contribution >= 0.6 is 12.2 Å². The van der Waals surface area contributed by atoms with E-state index in [4.69, 9.17) is 21.5 Å². The van der Waals surface area contributed by atoms with Crippen molar-refractivity contribution < 1.29 is 13.7 Å². The largest absolute Gasteiger partial charge is 0.376 e. The van der Waals surface area contributed by atoms with Gasteiger partial charge in [0.05, 0.1) is 18.2 Å². The van der Waals surface area contributed by atoms with Crippen LogP contribution in [-0.2, 0) is 11.3 Å². The fourth-order valence-electron chi connectivity index (χ4n) is 4.21. The van der Waals surface area contributed by atoms with E-state index in [-0.39, 0.29) is 11.9 Å². The fraction of sp³-hybridized carbons (Fsp3) is 0.385. The number of halogens is 1. The summed E-state index contributed by atoms with van der Waals surface area (Å²) in [6, 6.07) is 16.2. The van der Waals surface area contributed by atoms with E-state index in [1.54, 1.807) is 12.1 Å². The molecule has 1 N–H and O–H groups in total. The number of aromatic nitrogens is 1. The molecule has 1 aliphatic rings. The van der Waals surface area contributed by atoms with Gasteiger partial charge in [0.15, 0.2) is 5.11 Å². The molecule has 1 saturated heterocycles. The minimum Gasteiger partial charge on any atom is -0.376 e. The summed E-state index contributed by atoms with van der Waals surface area (Å²) < 4.78 is 25.2. The summed E-state index contributed by atoms with van der Waals surface area (Å²) in [6.07, 6.45) is 2.14. The summed E-state index contributed by atoms with van der Waals surface area (Å²) in [5, 5.41) is 8.27. The van der Waals surface area contributed by atoms with Crippen LogP contribution in [0.5, 0.6) is 0 Å². The molecular formula is C26H31FN4O2S. The number of nitrogens with zero attached hydrogens (tertiary/aromatic N) is 3. The average Bonchev–Trinajstić information content (AvgIpc) is 3.52. The van der Waals surface area contributed by atoms with Crippen molar-refractivity contribution in [2.75, 3.05) is 36.5 Å². The summed E-state index contributed by atoms with van der Waals surface area (Å²) in [5.74, 6) is 0.472. The average molecular weight is 483 g/mol. The number of benzene rings is 2. The van der Waals surface area contributed by atoms with Gasteiger partial charge in [0, 0.05) is 37.5 Å². The summed E-state index contributed by atoms with van der Waals surface area (Å²) in [7, 11) is 0. The molecule has 0 aliphatic carbocycles. The van der Waals surface area contributed by atoms with E-state index >= 15 is 0 Å². The molecule has 6 nitrogen and oxygen atoms in total. The summed E-state index contributed by atoms with van der Waals surface area (Å²) in [6.45, 7) is 7.72. The highest BCUT2D eigenvalue weighted by Crippen LogP contribution is 2.33. The Balaban J connectivity index is 1.66. The van der Waals surface area contributed by atoms with Crippen LogP contribution in [-0.4, -0.2) is 47.5 Å². The molecule has 3 aromatic rings. The van der Waals surface area contributed by atoms with E-state index in [1.165, 1.54) is 12.1 Å². The number of anilines is 2. The second kappa shape index (κ2) is 11.4. The molecule has 0 saturated carbocycles. The first-order chi connectivity index (χ1) is 16.6. The molecule has 2 aromatic carbocycles. The third-order valence-electron chi connectivity index (χ3n) is 6.04. The van der Waals surface area contributed by atoms with Crippen molar-refractivity contribution in [1.29, 1.82) is 0 Å². The number of hydrogen-bond acceptors (Lipinski definition) is 5. The number of nitrogens with one attached hydrogen (secondary N) is 1. The Hall–Kier alpha value is -2.97. The number of hydrogen-bond donors (Lipinski definition) is 1. The van der Waals surface area contributed by atoms with Gasteiger partial charge in [0.25, 0.3) is 0 Å². The Morgan fingerprint density at radius 3 is 2.50 bits per heavy atom. The van der Waals surface area contributed by atoms with Gasteiger partial charge in [0.1, 0.15) is 11.5 Å². The number of rotatable bonds is 9. The molecule has 0 spiro atoms. The molecule has 1 aliphatic heterocycles. The zero-order chi connectivity index (χ0) is 23.9. The second-order valence-corrected chi connectivity index (χ2v) is 8.69. The molecule has 0 bridgehead atoms. The number of ether oxygens (including phenoxy) is 1. The van der Waals surface area contributed by atoms with Crippen LogP contribution in [0.1, 0.15) is 32.3 Å². The van der Waals surface area contributed by atoms with Crippen molar-refractivity contribution in [2.45, 2.75) is 39.3 Å². The highest BCUT2D eigenvalue weighted by atomic mass is 32.1. The molecule has 2 heterocycles. The predicted octanol–water partition coefficient (Wildman–Crippen LogP) is 5.70. The van der Waals surface area contributed by atoms with E-state index in [9.17, 15) is 4.39 Å². The van der Waals surface area contributed by atoms with E-state index < -0.39 is 0 Å². The zero-order valence-electron chi connectivity index (χ0n) is 19.7. The van der Waals surface area contributed by atoms with Gasteiger partial charge in [-0.05, 0) is 63.2 Å². The molecule has 8 heteroatoms. The van der Waals surface area contributed by atoms with E-state index in [2.05, 4.69) is 34.1 Å². The highest BCUT2D eigenvalue weighted by molar-refractivity contribution is 7.80. The van der Waals surface area contributed by atoms with Crippen molar-refractivity contribution in [3.63, 3.8) is 0 Å². The first-order valence-corrected chi connectivity index (χ1v) is 12.2. The summed E-state index contributed by atoms with van der Waals surface area (Å²) in [4.78, 5) is 4.26. The standard InChI is InChI=1S/C26H31FN4O2S/c1-3-30(4-2)25-23(24(29-33-25)19-9-6-5-7-10-19)18-31(17-22-11-8-16-32-22)26(34)28-21-14-12-20(27)13-15-21/h5-7,9-10,12-15,22H,3-4,8,11,16-18H2,1-2H3,(H,28,34)/t22-/m0/s1. The lowest BCUT2D eigenvalue weighted by Gasteiger charge is -2.29. The Labute approximate surface area is 205 Å². The molecule has 1 atom stereocenters. The normalized spacial score (nSPS) is 15.3. The third-order valence-corrected chi connectivity index (χ3v) is 6.41. The monoisotopic (exact) mass is 482 g/mol. The Bertz CT molecular complexity index is 1060. The molecule has 0 radical (unpaired) electrons. The molecule has 34 heavy (non-hydrogen) atoms. The summed E-state index contributed by atoms with van der Waals surface area (Å²) >= 11 is 5.82. The molecule has 0 unspecified atom stereocenters. The van der Waals surface area contributed by atoms with Gasteiger partial charge in [-0.2, -0.15) is 0 Å². The Morgan fingerprint density at radius 1 is 1.12 bits per heavy atom. The van der Waals surface area contributed by atoms with Gasteiger partial charge in [-0.25, -0.2) is 4.39 Å². The lowest BCUT2D eigenvalue weighted by Crippen LogP contribution is -2.40. The van der Waals surface area contributed by atoms with Gasteiger partial charge in [-0.15, -0.1) is 0 Å². The lowest BCUT2D eigenvalue weighted by atomic mass is 10.1. The Morgan fingerprint density at radius 2 is 1.85 bits per heavy atom. The predicted molar refractivity (Wildman–Crippen MR) is 138 cm³/mol. The van der Waals surface area contributed by atoms with E-state index in [0.29, 0.717) is 18.2 Å². The quantitative estimate of drug-likeness (QED) is 0.392. The van der Waals surface area contributed by atoms with Crippen molar-refractivity contribution in [3.05, 3.63) is 66.0 Å². The first-order valence-electron chi connectivity index (χ1n) is 11.8. The maximum atomic E-state index is 13.4. The van der Waals surface area contributed by atoms with Gasteiger partial charge in [-0.1, -0.05) is 35.5 Å². The van der Waals surface area contributed by atoms with Crippen LogP contribution < -0.4 is 10.2 Å². The molecular weight excluding hydrogens is 451 g/mol. The lowest BCUT2D eigenvalue weighted by molar-refractivity contribution is 0.0905. The van der Waals surface area contributed by atoms with E-state index in [0.717, 1.165) is 60.9 Å². The van der Waals surface area contributed by atoms with Crippen molar-refractivity contribution >= 4 is 28.9 Å². The fourth-order valence-corrected chi connectivity index (χ4v) is 4.46. The van der Waals surface area contributed by atoms with Crippen LogP contribution in [0.4, 0.5) is 16.0 Å². The van der Waals surface area contributed by atoms with Crippen molar-refractivity contribution in [2.24, 2.45) is 0 Å². The highest BCUT2D eigenvalue weighted by Gasteiger charge is 2.27. The summed E-state index contributed by atoms with van der Waals surface area (Å²) in [5.41, 5.74) is 3.52. The molecule has 0 amide bonds. The second-order valence-electron chi connectivity index (χ2n) is 8.31. The molecule has 180 valence electrons. The molecule has 1 aromatic heterocycles. The van der Waals surface area contributed by atoms with Gasteiger partial charge >= 0.3 is 0 Å². The van der Waals surface area contributed by atoms with Crippen LogP contribution in [0.2, 0.25) is 0 Å². The minimum absolute atomic E-state index is 0.102. The Kier molecular flexibility index (Phi) is 8.13. The smallest absolute Gasteiger partial charge is 0.232 e. The van der Waals surface area contributed by atoms with Crippen molar-refractivity contribution in [1.82, 2.24) is 10.1 Å². The topological polar surface area (TPSA) is 53.8 Å². The van der Waals surface area contributed by atoms with Crippen LogP contribution in [0.15, 0.2) is 59.1 Å². The van der Waals surface area contributed by atoms with Gasteiger partial charge in [-0.3, -0.25) is 0 Å². The van der Waals surface area contributed by atoms with Crippen molar-refractivity contribution in [3.8, 4) is 11.3 Å². The SMILES string of the molecule is CCN(CC)c1onc(-c2ccccc2)c1CN(C[C@@H]1CCCO1)C(=S)Nc1ccc(F)cc1. The maximum Gasteiger partial charge on any atom is 0.232 e. The molecule has 1 fully saturated rings. The van der Waals surface area contributed by atoms with E-state index in [1.807, 2.05) is 30.3 Å². The maximum absolute atomic E-state index is 13.4. The van der Waals surface area contributed by atoms with Crippen LogP contribution in [0.3, 0.4) is 0 Å². The zero-order valence-corrected chi connectivity index (χ0v) is 20.5. The van der Waals surface area contributed by atoms with Gasteiger partial charge < -0.3 is 24.4 Å². The van der Waals surface area contributed by atoms with Crippen LogP contribution in [0.25, 0.3) is 11.3 Å². The molecule has 4 rings (SSSR count). The first kappa shape index (κ1) is 24.2. The minimum atomic E-state index is -0.284. The van der Waals surface area contributed by atoms with Gasteiger partial charge in [0.2, 0.25) is 5.88 Å². The van der Waals surface area contributed by atoms with Crippen LogP contribution in [0, 0.1) is 5.82 Å².